The Kier molecular flexibility index (Phi) is 6.13. The molecular weight excluding hydrogens is 317 g/mol. The van der Waals surface area contributed by atoms with Gasteiger partial charge in [-0.1, -0.05) is 47.4 Å². The van der Waals surface area contributed by atoms with Gasteiger partial charge in [0.2, 0.25) is 5.82 Å². The molecule has 5 N–H and O–H groups in total. The third-order valence-electron chi connectivity index (χ3n) is 2.27. The van der Waals surface area contributed by atoms with Crippen LogP contribution in [0.25, 0.3) is 11.3 Å². The molecule has 21 heavy (non-hydrogen) atoms. The van der Waals surface area contributed by atoms with Crippen molar-refractivity contribution in [1.29, 1.82) is 0 Å². The molecule has 0 aliphatic heterocycles. The number of nitrogens with zero attached hydrogens (tertiary/aromatic N) is 2. The number of carbonyl (C=O) groups is 1. The largest absolute Gasteiger partial charge is 0.550 e. The molecule has 0 radical (unpaired) electrons. The lowest BCUT2D eigenvalue weighted by atomic mass is 10.1. The maximum absolute atomic E-state index is 9.26. The molecule has 0 saturated heterocycles. The molecular formula is C12H13Cl2N5O2. The summed E-state index contributed by atoms with van der Waals surface area (Å²) in [6.45, 7) is 1.54. The predicted octanol–water partition coefficient (Wildman–Crippen LogP) is 0.575. The number of rotatable bonds is 2. The average Bonchev–Trinajstić information content (AvgIpc) is 2.43. The Morgan fingerprint density at radius 1 is 1.33 bits per heavy atom. The lowest BCUT2D eigenvalue weighted by molar-refractivity contribution is -0.347. The Bertz CT molecular complexity index is 652. The van der Waals surface area contributed by atoms with Gasteiger partial charge in [-0.2, -0.15) is 0 Å². The smallest absolute Gasteiger partial charge is 0.364 e. The highest BCUT2D eigenvalue weighted by Gasteiger charge is 2.15. The van der Waals surface area contributed by atoms with Crippen LogP contribution in [0.2, 0.25) is 10.0 Å². The third-order valence-corrected chi connectivity index (χ3v) is 3.09. The molecule has 0 bridgehead atoms. The van der Waals surface area contributed by atoms with Gasteiger partial charge < -0.3 is 21.4 Å². The number of H-pyrrole nitrogens is 1. The van der Waals surface area contributed by atoms with Crippen LogP contribution in [0.3, 0.4) is 0 Å². The van der Waals surface area contributed by atoms with Gasteiger partial charge in [-0.05, 0) is 12.5 Å². The Hall–Kier alpha value is -2.12. The van der Waals surface area contributed by atoms with Crippen molar-refractivity contribution in [2.45, 2.75) is 13.3 Å². The van der Waals surface area contributed by atoms with E-state index in [-0.39, 0.29) is 18.2 Å². The second-order valence-electron chi connectivity index (χ2n) is 3.80. The molecule has 0 aliphatic rings. The molecule has 0 unspecified atom stereocenters. The van der Waals surface area contributed by atoms with E-state index in [2.05, 4.69) is 15.2 Å². The highest BCUT2D eigenvalue weighted by atomic mass is 35.5. The maximum atomic E-state index is 9.26. The molecule has 0 fully saturated rings. The summed E-state index contributed by atoms with van der Waals surface area (Å²) >= 11 is 11.9. The van der Waals surface area contributed by atoms with Gasteiger partial charge in [-0.25, -0.2) is 4.98 Å². The molecule has 112 valence electrons. The van der Waals surface area contributed by atoms with Crippen LogP contribution >= 0.6 is 23.2 Å². The maximum Gasteiger partial charge on any atom is 0.364 e. The van der Waals surface area contributed by atoms with Crippen LogP contribution in [0.5, 0.6) is 0 Å². The second kappa shape index (κ2) is 7.61. The van der Waals surface area contributed by atoms with Gasteiger partial charge in [0.15, 0.2) is 5.69 Å². The number of hydrogen-bond donors (Lipinski definition) is 2. The van der Waals surface area contributed by atoms with Gasteiger partial charge in [0.25, 0.3) is 0 Å². The van der Waals surface area contributed by atoms with Gasteiger partial charge in [0.1, 0.15) is 0 Å². The summed E-state index contributed by atoms with van der Waals surface area (Å²) in [5.41, 5.74) is 12.2. The fourth-order valence-electron chi connectivity index (χ4n) is 1.27. The van der Waals surface area contributed by atoms with E-state index in [1.165, 1.54) is 6.92 Å². The number of carbonyl (C=O) groups excluding carboxylic acids is 1. The summed E-state index contributed by atoms with van der Waals surface area (Å²) < 4.78 is 0. The molecule has 2 aromatic rings. The van der Waals surface area contributed by atoms with Crippen molar-refractivity contribution in [3.05, 3.63) is 28.2 Å². The number of nitrogens with two attached hydrogens (primary N) is 2. The highest BCUT2D eigenvalue weighted by Crippen LogP contribution is 2.33. The van der Waals surface area contributed by atoms with E-state index in [0.717, 1.165) is 0 Å². The van der Waals surface area contributed by atoms with E-state index < -0.39 is 5.97 Å². The number of carboxylic acid groups (broad SMARTS) is 1. The fraction of sp³-hybridized carbons (Fsp3) is 0.167. The third kappa shape index (κ3) is 4.73. The van der Waals surface area contributed by atoms with Crippen LogP contribution in [0, 0.1) is 0 Å². The van der Waals surface area contributed by atoms with E-state index in [4.69, 9.17) is 34.7 Å². The average molecular weight is 330 g/mol. The minimum atomic E-state index is -0.995. The van der Waals surface area contributed by atoms with Crippen molar-refractivity contribution in [1.82, 2.24) is 10.2 Å². The Balaban J connectivity index is 0.000000383. The summed E-state index contributed by atoms with van der Waals surface area (Å²) in [5.74, 6) is -0.568. The monoisotopic (exact) mass is 329 g/mol. The summed E-state index contributed by atoms with van der Waals surface area (Å²) in [4.78, 5) is 11.9. The summed E-state index contributed by atoms with van der Waals surface area (Å²) in [7, 11) is 0. The number of aliphatic carboxylic acids is 1. The van der Waals surface area contributed by atoms with Gasteiger partial charge in [0.05, 0.1) is 10.0 Å². The second-order valence-corrected chi connectivity index (χ2v) is 4.58. The van der Waals surface area contributed by atoms with E-state index in [0.29, 0.717) is 21.3 Å². The zero-order valence-electron chi connectivity index (χ0n) is 11.1. The molecule has 0 atom stereocenters. The first-order valence-electron chi connectivity index (χ1n) is 5.82. The number of hydrogen-bond acceptors (Lipinski definition) is 6. The number of nitrogens with one attached hydrogen (secondary N) is 1. The van der Waals surface area contributed by atoms with E-state index in [9.17, 15) is 9.90 Å². The van der Waals surface area contributed by atoms with Crippen molar-refractivity contribution in [2.75, 3.05) is 11.5 Å². The van der Waals surface area contributed by atoms with Crippen LogP contribution in [0.15, 0.2) is 18.2 Å². The van der Waals surface area contributed by atoms with Gasteiger partial charge in [-0.15, -0.1) is 0 Å². The molecule has 1 aromatic carbocycles. The number of aromatic nitrogens is 3. The first-order valence-corrected chi connectivity index (χ1v) is 6.57. The quantitative estimate of drug-likeness (QED) is 0.827. The van der Waals surface area contributed by atoms with Crippen molar-refractivity contribution in [3.63, 3.8) is 0 Å². The first-order chi connectivity index (χ1) is 9.86. The van der Waals surface area contributed by atoms with E-state index >= 15 is 0 Å². The molecule has 7 nitrogen and oxygen atoms in total. The summed E-state index contributed by atoms with van der Waals surface area (Å²) in [6.07, 6.45) is 0.111. The lowest BCUT2D eigenvalue weighted by Gasteiger charge is -2.04. The Labute approximate surface area is 130 Å². The number of halogens is 2. The van der Waals surface area contributed by atoms with Gasteiger partial charge >= 0.3 is 5.95 Å². The van der Waals surface area contributed by atoms with E-state index in [1.807, 2.05) is 0 Å². The van der Waals surface area contributed by atoms with Crippen molar-refractivity contribution in [3.8, 4) is 11.3 Å². The van der Waals surface area contributed by atoms with Gasteiger partial charge in [0, 0.05) is 16.6 Å². The zero-order chi connectivity index (χ0) is 16.0. The Morgan fingerprint density at radius 3 is 2.48 bits per heavy atom. The Morgan fingerprint density at radius 2 is 1.95 bits per heavy atom. The SMILES string of the molecule is CCC(=O)[O-].Nc1nnc(-c2cccc(Cl)c2Cl)c(N)[nH+]1. The predicted molar refractivity (Wildman–Crippen MR) is 78.2 cm³/mol. The molecule has 1 aromatic heterocycles. The number of carboxylic acids is 1. The highest BCUT2D eigenvalue weighted by molar-refractivity contribution is 6.43. The molecule has 0 amide bonds. The lowest BCUT2D eigenvalue weighted by Crippen LogP contribution is -2.20. The topological polar surface area (TPSA) is 132 Å². The molecule has 0 saturated carbocycles. The fourth-order valence-corrected chi connectivity index (χ4v) is 1.66. The van der Waals surface area contributed by atoms with Crippen molar-refractivity contribution < 1.29 is 14.9 Å². The van der Waals surface area contributed by atoms with Crippen LogP contribution in [0.4, 0.5) is 11.8 Å². The summed E-state index contributed by atoms with van der Waals surface area (Å²) in [6, 6.07) is 5.18. The molecule has 0 spiro atoms. The number of benzene rings is 1. The number of aromatic amines is 1. The first kappa shape index (κ1) is 16.9. The molecule has 0 aliphatic carbocycles. The van der Waals surface area contributed by atoms with Gasteiger partial charge in [-0.3, -0.25) is 0 Å². The zero-order valence-corrected chi connectivity index (χ0v) is 12.6. The van der Waals surface area contributed by atoms with Crippen LogP contribution < -0.4 is 21.6 Å². The van der Waals surface area contributed by atoms with E-state index in [1.54, 1.807) is 18.2 Å². The number of nitrogen functional groups attached to an aromatic ring is 2. The minimum absolute atomic E-state index is 0.111. The van der Waals surface area contributed by atoms with Crippen LogP contribution in [0.1, 0.15) is 13.3 Å². The molecule has 2 rings (SSSR count). The minimum Gasteiger partial charge on any atom is -0.550 e. The summed E-state index contributed by atoms with van der Waals surface area (Å²) in [5, 5.41) is 17.6. The molecule has 1 heterocycles. The number of anilines is 2. The van der Waals surface area contributed by atoms with Crippen molar-refractivity contribution in [2.24, 2.45) is 0 Å². The molecule has 9 heteroatoms. The normalized spacial score (nSPS) is 9.67. The van der Waals surface area contributed by atoms with Crippen LogP contribution in [-0.4, -0.2) is 16.2 Å². The standard InChI is InChI=1S/C9H7Cl2N5.C3H6O2/c10-5-3-1-2-4(6(5)11)7-8(12)14-9(13)16-15-7;1-2-3(4)5/h1-3H,(H4,12,13,14,16);2H2,1H3,(H,4,5). The van der Waals surface area contributed by atoms with Crippen molar-refractivity contribution >= 4 is 40.9 Å². The van der Waals surface area contributed by atoms with Crippen LogP contribution in [-0.2, 0) is 4.79 Å².